The minimum atomic E-state index is -1.41. The number of halogens is 1. The highest BCUT2D eigenvalue weighted by atomic mass is 79.9. The monoisotopic (exact) mass is 404 g/mol. The van der Waals surface area contributed by atoms with Gasteiger partial charge < -0.3 is 10.1 Å². The zero-order chi connectivity index (χ0) is 18.2. The van der Waals surface area contributed by atoms with Crippen molar-refractivity contribution < 1.29 is 19.2 Å². The molecule has 1 N–H and O–H groups in total. The summed E-state index contributed by atoms with van der Waals surface area (Å²) < 4.78 is 6.15. The van der Waals surface area contributed by atoms with E-state index in [9.17, 15) is 19.7 Å². The Balaban J connectivity index is 1.86. The molecule has 1 atom stereocenters. The molecule has 0 saturated carbocycles. The zero-order valence-corrected chi connectivity index (χ0v) is 14.7. The Morgan fingerprint density at radius 1 is 1.32 bits per heavy atom. The number of hydrogen-bond donors (Lipinski definition) is 1. The van der Waals surface area contributed by atoms with Gasteiger partial charge in [-0.2, -0.15) is 0 Å². The molecule has 1 aliphatic heterocycles. The van der Waals surface area contributed by atoms with Crippen LogP contribution >= 0.6 is 15.9 Å². The van der Waals surface area contributed by atoms with Crippen molar-refractivity contribution in [1.82, 2.24) is 0 Å². The van der Waals surface area contributed by atoms with Crippen LogP contribution in [0.1, 0.15) is 22.8 Å². The number of fused-ring (bicyclic) bond motifs is 1. The number of nitro groups is 1. The number of nitrogens with zero attached hydrogens (tertiary/aromatic N) is 1. The highest BCUT2D eigenvalue weighted by Gasteiger charge is 2.42. The Morgan fingerprint density at radius 3 is 2.80 bits per heavy atom. The molecule has 0 fully saturated rings. The van der Waals surface area contributed by atoms with E-state index in [2.05, 4.69) is 21.2 Å². The van der Waals surface area contributed by atoms with Gasteiger partial charge in [-0.3, -0.25) is 14.9 Å². The normalized spacial score (nSPS) is 18.9. The Bertz CT molecular complexity index is 898. The number of nitrogens with one attached hydrogen (secondary N) is 1. The molecule has 25 heavy (non-hydrogen) atoms. The summed E-state index contributed by atoms with van der Waals surface area (Å²) in [6.45, 7) is 1.52. The van der Waals surface area contributed by atoms with Crippen molar-refractivity contribution in [1.29, 1.82) is 0 Å². The van der Waals surface area contributed by atoms with Crippen LogP contribution < -0.4 is 5.32 Å². The van der Waals surface area contributed by atoms with Crippen LogP contribution in [0.3, 0.4) is 0 Å². The second-order valence-electron chi connectivity index (χ2n) is 5.86. The van der Waals surface area contributed by atoms with Crippen molar-refractivity contribution in [2.45, 2.75) is 18.9 Å². The Labute approximate surface area is 151 Å². The number of benzene rings is 2. The first-order valence-corrected chi connectivity index (χ1v) is 8.15. The molecule has 2 aromatic rings. The minimum absolute atomic E-state index is 0.141. The summed E-state index contributed by atoms with van der Waals surface area (Å²) in [6, 6.07) is 10.7. The predicted molar refractivity (Wildman–Crippen MR) is 93.4 cm³/mol. The molecule has 7 nitrogen and oxygen atoms in total. The molecular weight excluding hydrogens is 392 g/mol. The SMILES string of the molecule is CC1(C(=O)Nc2cccc([N+](=O)[O-])c2)Cc2cc(Br)ccc2C(=O)O1. The van der Waals surface area contributed by atoms with Crippen LogP contribution in [0.15, 0.2) is 46.9 Å². The van der Waals surface area contributed by atoms with Crippen LogP contribution in [0.2, 0.25) is 0 Å². The molecule has 8 heteroatoms. The summed E-state index contributed by atoms with van der Waals surface area (Å²) in [5.74, 6) is -1.13. The van der Waals surface area contributed by atoms with Crippen molar-refractivity contribution >= 4 is 39.2 Å². The van der Waals surface area contributed by atoms with Crippen molar-refractivity contribution in [3.63, 3.8) is 0 Å². The molecule has 128 valence electrons. The summed E-state index contributed by atoms with van der Waals surface area (Å²) in [6.07, 6.45) is 0.203. The second-order valence-corrected chi connectivity index (χ2v) is 6.78. The van der Waals surface area contributed by atoms with E-state index >= 15 is 0 Å². The number of anilines is 1. The summed E-state index contributed by atoms with van der Waals surface area (Å²) in [5, 5.41) is 13.4. The number of ether oxygens (including phenoxy) is 1. The lowest BCUT2D eigenvalue weighted by Crippen LogP contribution is -2.48. The average Bonchev–Trinajstić information content (AvgIpc) is 2.54. The lowest BCUT2D eigenvalue weighted by molar-refractivity contribution is -0.384. The highest BCUT2D eigenvalue weighted by molar-refractivity contribution is 9.10. The van der Waals surface area contributed by atoms with Gasteiger partial charge in [0.15, 0.2) is 5.60 Å². The lowest BCUT2D eigenvalue weighted by atomic mass is 9.89. The molecule has 0 bridgehead atoms. The van der Waals surface area contributed by atoms with E-state index < -0.39 is 22.4 Å². The molecule has 3 rings (SSSR count). The Kier molecular flexibility index (Phi) is 4.30. The number of amides is 1. The van der Waals surface area contributed by atoms with Gasteiger partial charge in [-0.1, -0.05) is 22.0 Å². The third-order valence-electron chi connectivity index (χ3n) is 3.93. The molecule has 0 aliphatic carbocycles. The van der Waals surface area contributed by atoms with Gasteiger partial charge in [-0.05, 0) is 36.8 Å². The number of non-ortho nitro benzene ring substituents is 1. The number of nitro benzene ring substituents is 1. The molecule has 0 saturated heterocycles. The number of hydrogen-bond acceptors (Lipinski definition) is 5. The molecule has 0 aromatic heterocycles. The first-order valence-electron chi connectivity index (χ1n) is 7.36. The summed E-state index contributed by atoms with van der Waals surface area (Å²) >= 11 is 3.34. The van der Waals surface area contributed by atoms with Gasteiger partial charge in [0, 0.05) is 28.7 Å². The topological polar surface area (TPSA) is 98.5 Å². The summed E-state index contributed by atoms with van der Waals surface area (Å²) in [7, 11) is 0. The highest BCUT2D eigenvalue weighted by Crippen LogP contribution is 2.31. The van der Waals surface area contributed by atoms with Crippen LogP contribution in [-0.2, 0) is 16.0 Å². The third kappa shape index (κ3) is 3.39. The van der Waals surface area contributed by atoms with Gasteiger partial charge in [-0.25, -0.2) is 4.79 Å². The summed E-state index contributed by atoms with van der Waals surface area (Å²) in [5.41, 5.74) is -0.171. The van der Waals surface area contributed by atoms with E-state index in [0.29, 0.717) is 11.1 Å². The number of carbonyl (C=O) groups is 2. The van der Waals surface area contributed by atoms with Crippen LogP contribution in [0.5, 0.6) is 0 Å². The molecule has 1 heterocycles. The largest absolute Gasteiger partial charge is 0.445 e. The molecule has 1 unspecified atom stereocenters. The maximum Gasteiger partial charge on any atom is 0.339 e. The fourth-order valence-corrected chi connectivity index (χ4v) is 3.06. The van der Waals surface area contributed by atoms with Crippen LogP contribution in [-0.4, -0.2) is 22.4 Å². The third-order valence-corrected chi connectivity index (χ3v) is 4.42. The lowest BCUT2D eigenvalue weighted by Gasteiger charge is -2.33. The van der Waals surface area contributed by atoms with Gasteiger partial charge in [0.25, 0.3) is 11.6 Å². The maximum absolute atomic E-state index is 12.6. The van der Waals surface area contributed by atoms with E-state index in [0.717, 1.165) is 4.47 Å². The quantitative estimate of drug-likeness (QED) is 0.479. The van der Waals surface area contributed by atoms with Crippen LogP contribution in [0.4, 0.5) is 11.4 Å². The fourth-order valence-electron chi connectivity index (χ4n) is 2.65. The Morgan fingerprint density at radius 2 is 2.08 bits per heavy atom. The van der Waals surface area contributed by atoms with Crippen molar-refractivity contribution in [2.24, 2.45) is 0 Å². The van der Waals surface area contributed by atoms with E-state index in [4.69, 9.17) is 4.74 Å². The van der Waals surface area contributed by atoms with Crippen molar-refractivity contribution in [3.05, 3.63) is 68.2 Å². The standard InChI is InChI=1S/C17H13BrN2O5/c1-17(9-10-7-11(18)5-6-14(10)15(21)25-17)16(22)19-12-3-2-4-13(8-12)20(23)24/h2-8H,9H2,1H3,(H,19,22). The van der Waals surface area contributed by atoms with E-state index in [1.54, 1.807) is 18.2 Å². The average molecular weight is 405 g/mol. The summed E-state index contributed by atoms with van der Waals surface area (Å²) in [4.78, 5) is 35.1. The smallest absolute Gasteiger partial charge is 0.339 e. The number of rotatable bonds is 3. The number of esters is 1. The first kappa shape index (κ1) is 17.1. The number of cyclic esters (lactones) is 1. The predicted octanol–water partition coefficient (Wildman–Crippen LogP) is 3.47. The van der Waals surface area contributed by atoms with E-state index in [1.165, 1.54) is 31.2 Å². The minimum Gasteiger partial charge on any atom is -0.445 e. The van der Waals surface area contributed by atoms with Gasteiger partial charge in [-0.15, -0.1) is 0 Å². The van der Waals surface area contributed by atoms with E-state index in [1.807, 2.05) is 0 Å². The zero-order valence-electron chi connectivity index (χ0n) is 13.1. The Hall–Kier alpha value is -2.74. The molecule has 1 amide bonds. The molecule has 0 radical (unpaired) electrons. The number of carbonyl (C=O) groups excluding carboxylic acids is 2. The van der Waals surface area contributed by atoms with Crippen LogP contribution in [0, 0.1) is 10.1 Å². The molecular formula is C17H13BrN2O5. The molecule has 0 spiro atoms. The van der Waals surface area contributed by atoms with Gasteiger partial charge in [0.2, 0.25) is 0 Å². The van der Waals surface area contributed by atoms with Crippen molar-refractivity contribution in [2.75, 3.05) is 5.32 Å². The van der Waals surface area contributed by atoms with Crippen molar-refractivity contribution in [3.8, 4) is 0 Å². The fraction of sp³-hybridized carbons (Fsp3) is 0.176. The maximum atomic E-state index is 12.6. The molecule has 1 aliphatic rings. The van der Waals surface area contributed by atoms with Crippen LogP contribution in [0.25, 0.3) is 0 Å². The second kappa shape index (κ2) is 6.29. The molecule has 2 aromatic carbocycles. The van der Waals surface area contributed by atoms with Gasteiger partial charge in [0.05, 0.1) is 10.5 Å². The van der Waals surface area contributed by atoms with Gasteiger partial charge >= 0.3 is 5.97 Å². The van der Waals surface area contributed by atoms with E-state index in [-0.39, 0.29) is 17.8 Å². The first-order chi connectivity index (χ1) is 11.8. The van der Waals surface area contributed by atoms with Gasteiger partial charge in [0.1, 0.15) is 0 Å².